The molecule has 2 amide bonds. The molecule has 33 heavy (non-hydrogen) atoms. The summed E-state index contributed by atoms with van der Waals surface area (Å²) in [6.45, 7) is 5.27. The Morgan fingerprint density at radius 3 is 2.42 bits per heavy atom. The van der Waals surface area contributed by atoms with Gasteiger partial charge in [0.2, 0.25) is 5.91 Å². The number of rotatable bonds is 8. The molecule has 176 valence electrons. The number of amides is 2. The average Bonchev–Trinajstić information content (AvgIpc) is 2.83. The van der Waals surface area contributed by atoms with Crippen LogP contribution in [0.3, 0.4) is 0 Å². The molecule has 2 aromatic rings. The molecular formula is C24H29FN4O4. The minimum absolute atomic E-state index is 0.0794. The van der Waals surface area contributed by atoms with E-state index in [9.17, 15) is 18.8 Å². The van der Waals surface area contributed by atoms with Crippen LogP contribution in [-0.2, 0) is 20.9 Å². The van der Waals surface area contributed by atoms with Crippen molar-refractivity contribution in [3.63, 3.8) is 0 Å². The molecule has 0 bridgehead atoms. The lowest BCUT2D eigenvalue weighted by molar-refractivity contribution is -0.151. The molecular weight excluding hydrogens is 427 g/mol. The maximum atomic E-state index is 13.3. The number of hydrogen-bond donors (Lipinski definition) is 0. The van der Waals surface area contributed by atoms with Crippen LogP contribution < -0.4 is 0 Å². The van der Waals surface area contributed by atoms with Gasteiger partial charge in [-0.2, -0.15) is 0 Å². The number of halogens is 1. The summed E-state index contributed by atoms with van der Waals surface area (Å²) < 4.78 is 18.4. The van der Waals surface area contributed by atoms with Gasteiger partial charge in [-0.15, -0.1) is 0 Å². The van der Waals surface area contributed by atoms with E-state index in [0.29, 0.717) is 38.2 Å². The fourth-order valence-corrected chi connectivity index (χ4v) is 3.74. The summed E-state index contributed by atoms with van der Waals surface area (Å²) >= 11 is 0. The van der Waals surface area contributed by atoms with E-state index in [2.05, 4.69) is 9.97 Å². The van der Waals surface area contributed by atoms with Crippen molar-refractivity contribution in [3.8, 4) is 0 Å². The molecule has 0 unspecified atom stereocenters. The quantitative estimate of drug-likeness (QED) is 0.567. The zero-order chi connectivity index (χ0) is 23.8. The Hall–Kier alpha value is -3.36. The van der Waals surface area contributed by atoms with Gasteiger partial charge in [0.05, 0.1) is 24.4 Å². The van der Waals surface area contributed by atoms with Crippen LogP contribution in [0.15, 0.2) is 36.7 Å². The van der Waals surface area contributed by atoms with Gasteiger partial charge in [0, 0.05) is 38.8 Å². The third-order valence-corrected chi connectivity index (χ3v) is 5.64. The number of ether oxygens (including phenoxy) is 1. The van der Waals surface area contributed by atoms with E-state index in [4.69, 9.17) is 4.74 Å². The number of esters is 1. The number of carbonyl (C=O) groups is 3. The molecule has 0 radical (unpaired) electrons. The molecule has 9 heteroatoms. The lowest BCUT2D eigenvalue weighted by Gasteiger charge is -2.31. The average molecular weight is 457 g/mol. The number of aryl methyl sites for hydroxylation is 1. The SMILES string of the molecule is CCOC(=O)C1CCN(C(=O)CCN(Cc2ccc(F)cc2)C(=O)c2cnc(C)cn2)CC1. The predicted octanol–water partition coefficient (Wildman–Crippen LogP) is 2.76. The number of carbonyl (C=O) groups excluding carboxylic acids is 3. The highest BCUT2D eigenvalue weighted by Gasteiger charge is 2.28. The van der Waals surface area contributed by atoms with Crippen LogP contribution in [0.1, 0.15) is 47.9 Å². The summed E-state index contributed by atoms with van der Waals surface area (Å²) in [6, 6.07) is 5.89. The summed E-state index contributed by atoms with van der Waals surface area (Å²) in [5.41, 5.74) is 1.62. The minimum Gasteiger partial charge on any atom is -0.466 e. The highest BCUT2D eigenvalue weighted by atomic mass is 19.1. The van der Waals surface area contributed by atoms with Crippen molar-refractivity contribution in [2.45, 2.75) is 39.7 Å². The monoisotopic (exact) mass is 456 g/mol. The molecule has 1 aliphatic heterocycles. The fraction of sp³-hybridized carbons (Fsp3) is 0.458. The van der Waals surface area contributed by atoms with E-state index >= 15 is 0 Å². The van der Waals surface area contributed by atoms with Crippen molar-refractivity contribution in [2.75, 3.05) is 26.2 Å². The first kappa shape index (κ1) is 24.3. The number of likely N-dealkylation sites (tertiary alicyclic amines) is 1. The molecule has 3 rings (SSSR count). The van der Waals surface area contributed by atoms with E-state index in [0.717, 1.165) is 5.56 Å². The Labute approximate surface area is 192 Å². The Bertz CT molecular complexity index is 957. The smallest absolute Gasteiger partial charge is 0.309 e. The Balaban J connectivity index is 1.62. The van der Waals surface area contributed by atoms with E-state index in [1.54, 1.807) is 30.9 Å². The second kappa shape index (κ2) is 11.5. The molecule has 0 aliphatic carbocycles. The Morgan fingerprint density at radius 2 is 1.82 bits per heavy atom. The lowest BCUT2D eigenvalue weighted by Crippen LogP contribution is -2.42. The second-order valence-corrected chi connectivity index (χ2v) is 8.05. The van der Waals surface area contributed by atoms with Gasteiger partial charge >= 0.3 is 5.97 Å². The lowest BCUT2D eigenvalue weighted by atomic mass is 9.97. The van der Waals surface area contributed by atoms with Crippen LogP contribution in [0.4, 0.5) is 4.39 Å². The van der Waals surface area contributed by atoms with Crippen LogP contribution in [0.25, 0.3) is 0 Å². The van der Waals surface area contributed by atoms with Gasteiger partial charge in [0.15, 0.2) is 0 Å². The third kappa shape index (κ3) is 6.81. The van der Waals surface area contributed by atoms with Gasteiger partial charge < -0.3 is 14.5 Å². The number of piperidine rings is 1. The maximum absolute atomic E-state index is 13.3. The molecule has 2 heterocycles. The van der Waals surface area contributed by atoms with E-state index in [1.165, 1.54) is 29.4 Å². The van der Waals surface area contributed by atoms with Gasteiger partial charge in [-0.3, -0.25) is 19.4 Å². The molecule has 1 fully saturated rings. The largest absolute Gasteiger partial charge is 0.466 e. The van der Waals surface area contributed by atoms with Crippen molar-refractivity contribution in [3.05, 3.63) is 59.4 Å². The maximum Gasteiger partial charge on any atom is 0.309 e. The highest BCUT2D eigenvalue weighted by Crippen LogP contribution is 2.20. The zero-order valence-corrected chi connectivity index (χ0v) is 19.0. The predicted molar refractivity (Wildman–Crippen MR) is 118 cm³/mol. The molecule has 0 spiro atoms. The number of hydrogen-bond acceptors (Lipinski definition) is 6. The molecule has 1 aromatic carbocycles. The first-order valence-electron chi connectivity index (χ1n) is 11.1. The second-order valence-electron chi connectivity index (χ2n) is 8.05. The standard InChI is InChI=1S/C24H29FN4O4/c1-3-33-24(32)19-8-11-28(12-9-19)22(30)10-13-29(16-18-4-6-20(25)7-5-18)23(31)21-15-26-17(2)14-27-21/h4-7,14-15,19H,3,8-13,16H2,1-2H3. The van der Waals surface area contributed by atoms with Crippen molar-refractivity contribution in [2.24, 2.45) is 5.92 Å². The van der Waals surface area contributed by atoms with Crippen molar-refractivity contribution in [1.82, 2.24) is 19.8 Å². The molecule has 0 atom stereocenters. The van der Waals surface area contributed by atoms with Crippen LogP contribution >= 0.6 is 0 Å². The van der Waals surface area contributed by atoms with Crippen molar-refractivity contribution < 1.29 is 23.5 Å². The number of aromatic nitrogens is 2. The highest BCUT2D eigenvalue weighted by molar-refractivity contribution is 5.92. The third-order valence-electron chi connectivity index (χ3n) is 5.64. The van der Waals surface area contributed by atoms with Crippen LogP contribution in [-0.4, -0.2) is 63.8 Å². The first-order chi connectivity index (χ1) is 15.9. The summed E-state index contributed by atoms with van der Waals surface area (Å²) in [5.74, 6) is -1.17. The van der Waals surface area contributed by atoms with E-state index < -0.39 is 0 Å². The summed E-state index contributed by atoms with van der Waals surface area (Å²) in [6.07, 6.45) is 4.21. The van der Waals surface area contributed by atoms with E-state index in [1.807, 2.05) is 0 Å². The summed E-state index contributed by atoms with van der Waals surface area (Å²) in [5, 5.41) is 0. The molecule has 1 aliphatic rings. The van der Waals surface area contributed by atoms with Crippen LogP contribution in [0.5, 0.6) is 0 Å². The first-order valence-corrected chi connectivity index (χ1v) is 11.1. The van der Waals surface area contributed by atoms with Crippen molar-refractivity contribution >= 4 is 17.8 Å². The van der Waals surface area contributed by atoms with Gasteiger partial charge in [-0.1, -0.05) is 12.1 Å². The van der Waals surface area contributed by atoms with Crippen LogP contribution in [0.2, 0.25) is 0 Å². The Morgan fingerprint density at radius 1 is 1.12 bits per heavy atom. The van der Waals surface area contributed by atoms with Crippen molar-refractivity contribution in [1.29, 1.82) is 0 Å². The Kier molecular flexibility index (Phi) is 8.46. The molecule has 8 nitrogen and oxygen atoms in total. The number of nitrogens with zero attached hydrogens (tertiary/aromatic N) is 4. The van der Waals surface area contributed by atoms with Crippen LogP contribution in [0, 0.1) is 18.7 Å². The van der Waals surface area contributed by atoms with E-state index in [-0.39, 0.29) is 54.7 Å². The zero-order valence-electron chi connectivity index (χ0n) is 19.0. The molecule has 0 saturated carbocycles. The van der Waals surface area contributed by atoms with Gasteiger partial charge in [-0.05, 0) is 44.4 Å². The molecule has 1 saturated heterocycles. The normalized spacial score (nSPS) is 14.1. The summed E-state index contributed by atoms with van der Waals surface area (Å²) in [4.78, 5) is 49.3. The fourth-order valence-electron chi connectivity index (χ4n) is 3.74. The topological polar surface area (TPSA) is 92.7 Å². The molecule has 1 aromatic heterocycles. The van der Waals surface area contributed by atoms with Gasteiger partial charge in [0.1, 0.15) is 11.5 Å². The number of benzene rings is 1. The molecule has 0 N–H and O–H groups in total. The minimum atomic E-state index is -0.359. The van der Waals surface area contributed by atoms with Gasteiger partial charge in [-0.25, -0.2) is 9.37 Å². The summed E-state index contributed by atoms with van der Waals surface area (Å²) in [7, 11) is 0. The van der Waals surface area contributed by atoms with Gasteiger partial charge in [0.25, 0.3) is 5.91 Å².